The summed E-state index contributed by atoms with van der Waals surface area (Å²) in [7, 11) is -4.65. The van der Waals surface area contributed by atoms with Gasteiger partial charge in [0.05, 0.1) is 10.1 Å². The summed E-state index contributed by atoms with van der Waals surface area (Å²) in [6.07, 6.45) is 0. The normalized spacial score (nSPS) is 16.5. The van der Waals surface area contributed by atoms with Gasteiger partial charge in [0.1, 0.15) is 0 Å². The summed E-state index contributed by atoms with van der Waals surface area (Å²) in [6, 6.07) is 6.64. The molecule has 1 aromatic carbocycles. The summed E-state index contributed by atoms with van der Waals surface area (Å²) < 4.78 is 36.1. The standard InChI is InChI=1S/C20H26N2O10S/c1-17(2,3)19(27,15(23)24)20(16(25)26,18(4,5)6)31-13-14(22(28)32-21-13)33(29,30)12-10-8-7-9-11-12/h7-11,27H,1-6H3,(H,23,24)(H,25,26)/t19-,20-/m1/s1. The summed E-state index contributed by atoms with van der Waals surface area (Å²) in [5, 5.41) is 45.9. The van der Waals surface area contributed by atoms with E-state index in [0.717, 1.165) is 0 Å². The van der Waals surface area contributed by atoms with Gasteiger partial charge in [-0.1, -0.05) is 59.7 Å². The van der Waals surface area contributed by atoms with Crippen molar-refractivity contribution in [2.45, 2.75) is 62.7 Å². The molecule has 0 bridgehead atoms. The summed E-state index contributed by atoms with van der Waals surface area (Å²) in [5.74, 6) is -4.99. The fourth-order valence-electron chi connectivity index (χ4n) is 3.65. The molecule has 0 spiro atoms. The lowest BCUT2D eigenvalue weighted by Gasteiger charge is -2.52. The van der Waals surface area contributed by atoms with Crippen LogP contribution in [0.3, 0.4) is 0 Å². The molecule has 13 heteroatoms. The highest BCUT2D eigenvalue weighted by molar-refractivity contribution is 7.91. The van der Waals surface area contributed by atoms with Crippen molar-refractivity contribution >= 4 is 21.8 Å². The van der Waals surface area contributed by atoms with Gasteiger partial charge in [0.2, 0.25) is 5.60 Å². The zero-order valence-corrected chi connectivity index (χ0v) is 19.7. The van der Waals surface area contributed by atoms with E-state index in [1.54, 1.807) is 0 Å². The lowest BCUT2D eigenvalue weighted by atomic mass is 9.57. The van der Waals surface area contributed by atoms with Crippen molar-refractivity contribution in [2.75, 3.05) is 0 Å². The van der Waals surface area contributed by atoms with E-state index in [2.05, 4.69) is 9.79 Å². The maximum Gasteiger partial charge on any atom is 0.416 e. The van der Waals surface area contributed by atoms with Gasteiger partial charge in [-0.3, -0.25) is 4.63 Å². The van der Waals surface area contributed by atoms with Gasteiger partial charge < -0.3 is 25.3 Å². The lowest BCUT2D eigenvalue weighted by Crippen LogP contribution is -2.76. The molecule has 1 heterocycles. The molecule has 0 saturated carbocycles. The van der Waals surface area contributed by atoms with Gasteiger partial charge in [0, 0.05) is 10.8 Å². The Hall–Kier alpha value is -3.19. The van der Waals surface area contributed by atoms with Gasteiger partial charge in [0.15, 0.2) is 0 Å². The molecule has 3 N–H and O–H groups in total. The summed E-state index contributed by atoms with van der Waals surface area (Å²) in [5.41, 5.74) is -9.56. The molecule has 0 amide bonds. The number of hydrogen-bond donors (Lipinski definition) is 3. The molecule has 0 saturated heterocycles. The lowest BCUT2D eigenvalue weighted by molar-refractivity contribution is -0.832. The summed E-state index contributed by atoms with van der Waals surface area (Å²) in [6.45, 7) is 7.64. The van der Waals surface area contributed by atoms with E-state index in [-0.39, 0.29) is 4.90 Å². The number of aliphatic carboxylic acids is 2. The molecule has 0 radical (unpaired) electrons. The van der Waals surface area contributed by atoms with Crippen LogP contribution in [-0.2, 0) is 19.4 Å². The van der Waals surface area contributed by atoms with Crippen LogP contribution in [0.1, 0.15) is 41.5 Å². The Labute approximate surface area is 189 Å². The van der Waals surface area contributed by atoms with Crippen molar-refractivity contribution in [3.63, 3.8) is 0 Å². The first-order valence-electron chi connectivity index (χ1n) is 9.63. The van der Waals surface area contributed by atoms with E-state index < -0.39 is 59.6 Å². The molecular formula is C20H26N2O10S. The van der Waals surface area contributed by atoms with Crippen molar-refractivity contribution < 1.29 is 47.6 Å². The van der Waals surface area contributed by atoms with Crippen molar-refractivity contribution in [3.05, 3.63) is 35.5 Å². The highest BCUT2D eigenvalue weighted by Crippen LogP contribution is 2.51. The van der Waals surface area contributed by atoms with E-state index in [1.165, 1.54) is 71.9 Å². The Morgan fingerprint density at radius 2 is 1.52 bits per heavy atom. The predicted molar refractivity (Wildman–Crippen MR) is 110 cm³/mol. The van der Waals surface area contributed by atoms with Gasteiger partial charge in [-0.05, 0) is 17.0 Å². The molecule has 0 aliphatic rings. The SMILES string of the molecule is CC(C)(C)[C@](O)(C(=O)O)[C@@](Oc1no[n+]([O-])c1S(=O)(=O)c1ccccc1)(C(=O)O)C(C)(C)C. The minimum Gasteiger partial charge on any atom is -0.479 e. The van der Waals surface area contributed by atoms with Crippen molar-refractivity contribution in [1.82, 2.24) is 5.16 Å². The number of rotatable bonds is 7. The van der Waals surface area contributed by atoms with E-state index in [9.17, 15) is 38.5 Å². The van der Waals surface area contributed by atoms with Crippen LogP contribution in [0.5, 0.6) is 5.88 Å². The molecular weight excluding hydrogens is 460 g/mol. The fourth-order valence-corrected chi connectivity index (χ4v) is 4.93. The van der Waals surface area contributed by atoms with Crippen LogP contribution in [0.2, 0.25) is 0 Å². The van der Waals surface area contributed by atoms with Gasteiger partial charge in [-0.2, -0.15) is 0 Å². The second kappa shape index (κ2) is 7.99. The third-order valence-corrected chi connectivity index (χ3v) is 7.09. The number of aromatic nitrogens is 2. The topological polar surface area (TPSA) is 191 Å². The fraction of sp³-hybridized carbons (Fsp3) is 0.500. The Kier molecular flexibility index (Phi) is 6.31. The second-order valence-electron chi connectivity index (χ2n) is 9.46. The smallest absolute Gasteiger partial charge is 0.416 e. The molecule has 1 aromatic heterocycles. The van der Waals surface area contributed by atoms with E-state index in [1.807, 2.05) is 0 Å². The quantitative estimate of drug-likeness (QED) is 0.477. The molecule has 12 nitrogen and oxygen atoms in total. The molecule has 2 atom stereocenters. The first-order chi connectivity index (χ1) is 14.9. The maximum absolute atomic E-state index is 13.1. The van der Waals surface area contributed by atoms with Crippen LogP contribution in [0.25, 0.3) is 0 Å². The Bertz CT molecular complexity index is 1160. The first-order valence-corrected chi connectivity index (χ1v) is 11.1. The number of nitrogens with zero attached hydrogens (tertiary/aromatic N) is 2. The first kappa shape index (κ1) is 26.1. The largest absolute Gasteiger partial charge is 0.479 e. The van der Waals surface area contributed by atoms with Gasteiger partial charge >= 0.3 is 22.8 Å². The van der Waals surface area contributed by atoms with Crippen LogP contribution in [-0.4, -0.2) is 52.0 Å². The highest BCUT2D eigenvalue weighted by atomic mass is 32.2. The maximum atomic E-state index is 13.1. The van der Waals surface area contributed by atoms with Crippen LogP contribution < -0.4 is 9.64 Å². The number of carboxylic acid groups (broad SMARTS) is 2. The minimum absolute atomic E-state index is 0.358. The zero-order chi connectivity index (χ0) is 25.6. The van der Waals surface area contributed by atoms with Crippen molar-refractivity contribution in [3.8, 4) is 5.88 Å². The van der Waals surface area contributed by atoms with E-state index in [0.29, 0.717) is 0 Å². The number of ether oxygens (including phenoxy) is 1. The predicted octanol–water partition coefficient (Wildman–Crippen LogP) is 1.25. The zero-order valence-electron chi connectivity index (χ0n) is 18.9. The van der Waals surface area contributed by atoms with Gasteiger partial charge in [0.25, 0.3) is 15.4 Å². The Morgan fingerprint density at radius 1 is 1.00 bits per heavy atom. The van der Waals surface area contributed by atoms with Gasteiger partial charge in [-0.15, -0.1) is 0 Å². The van der Waals surface area contributed by atoms with E-state index >= 15 is 0 Å². The highest BCUT2D eigenvalue weighted by Gasteiger charge is 2.74. The number of hydrogen-bond acceptors (Lipinski definition) is 9. The monoisotopic (exact) mass is 486 g/mol. The Morgan fingerprint density at radius 3 is 1.91 bits per heavy atom. The molecule has 2 rings (SSSR count). The molecule has 0 aliphatic carbocycles. The molecule has 2 aromatic rings. The second-order valence-corrected chi connectivity index (χ2v) is 11.3. The number of carbonyl (C=O) groups is 2. The minimum atomic E-state index is -4.65. The molecule has 0 fully saturated rings. The number of sulfone groups is 1. The van der Waals surface area contributed by atoms with Crippen LogP contribution in [0.4, 0.5) is 0 Å². The average molecular weight is 486 g/mol. The van der Waals surface area contributed by atoms with Gasteiger partial charge in [-0.25, -0.2) is 18.0 Å². The van der Waals surface area contributed by atoms with Crippen molar-refractivity contribution in [1.29, 1.82) is 0 Å². The summed E-state index contributed by atoms with van der Waals surface area (Å²) >= 11 is 0. The molecule has 0 unspecified atom stereocenters. The summed E-state index contributed by atoms with van der Waals surface area (Å²) in [4.78, 5) is 24.2. The molecule has 0 aliphatic heterocycles. The number of carboxylic acids is 2. The van der Waals surface area contributed by atoms with Crippen molar-refractivity contribution in [2.24, 2.45) is 10.8 Å². The third kappa shape index (κ3) is 3.80. The van der Waals surface area contributed by atoms with E-state index in [4.69, 9.17) is 4.74 Å². The Balaban J connectivity index is 2.92. The third-order valence-electron chi connectivity index (χ3n) is 5.37. The number of aliphatic hydroxyl groups is 1. The number of benzene rings is 1. The van der Waals surface area contributed by atoms with Crippen LogP contribution in [0.15, 0.2) is 44.9 Å². The average Bonchev–Trinajstić information content (AvgIpc) is 3.04. The van der Waals surface area contributed by atoms with Crippen LogP contribution in [0, 0.1) is 16.0 Å². The molecule has 33 heavy (non-hydrogen) atoms. The molecule has 182 valence electrons. The van der Waals surface area contributed by atoms with Crippen LogP contribution >= 0.6 is 0 Å².